The second-order valence-corrected chi connectivity index (χ2v) is 5.73. The summed E-state index contributed by atoms with van der Waals surface area (Å²) in [5.41, 5.74) is 6.10. The first-order chi connectivity index (χ1) is 9.00. The molecule has 0 spiro atoms. The zero-order valence-electron chi connectivity index (χ0n) is 11.9. The average molecular weight is 274 g/mol. The fraction of sp³-hybridized carbons (Fsp3) is 0.353. The number of aromatic nitrogens is 1. The SMILES string of the molecule is Cc1cc(C)c(C(Cl)C(C)c2ccccn2)c(C)c1. The fourth-order valence-corrected chi connectivity index (χ4v) is 3.14. The molecule has 19 heavy (non-hydrogen) atoms. The van der Waals surface area contributed by atoms with Crippen LogP contribution in [0.3, 0.4) is 0 Å². The molecule has 0 aliphatic rings. The van der Waals surface area contributed by atoms with Crippen molar-refractivity contribution in [3.63, 3.8) is 0 Å². The Labute approximate surface area is 120 Å². The number of hydrogen-bond acceptors (Lipinski definition) is 1. The fourth-order valence-electron chi connectivity index (χ4n) is 2.67. The molecule has 1 aromatic carbocycles. The summed E-state index contributed by atoms with van der Waals surface area (Å²) in [6, 6.07) is 10.4. The molecule has 2 aromatic rings. The molecule has 0 aliphatic carbocycles. The lowest BCUT2D eigenvalue weighted by atomic mass is 9.90. The van der Waals surface area contributed by atoms with Gasteiger partial charge in [-0.25, -0.2) is 0 Å². The lowest BCUT2D eigenvalue weighted by Gasteiger charge is -2.22. The summed E-state index contributed by atoms with van der Waals surface area (Å²) in [5, 5.41) is -0.0458. The Morgan fingerprint density at radius 1 is 1.05 bits per heavy atom. The molecule has 1 heterocycles. The molecule has 1 aromatic heterocycles. The van der Waals surface area contributed by atoms with Crippen LogP contribution in [0.1, 0.15) is 46.2 Å². The highest BCUT2D eigenvalue weighted by atomic mass is 35.5. The minimum Gasteiger partial charge on any atom is -0.261 e. The summed E-state index contributed by atoms with van der Waals surface area (Å²) in [7, 11) is 0. The zero-order chi connectivity index (χ0) is 14.0. The molecule has 0 amide bonds. The summed E-state index contributed by atoms with van der Waals surface area (Å²) in [6.45, 7) is 8.53. The Balaban J connectivity index is 2.37. The second kappa shape index (κ2) is 5.75. The Bertz CT molecular complexity index is 540. The smallest absolute Gasteiger partial charge is 0.0671 e. The third-order valence-electron chi connectivity index (χ3n) is 3.61. The molecule has 0 N–H and O–H groups in total. The van der Waals surface area contributed by atoms with Crippen LogP contribution in [0.25, 0.3) is 0 Å². The number of rotatable bonds is 3. The number of halogens is 1. The molecule has 0 radical (unpaired) electrons. The van der Waals surface area contributed by atoms with Crippen LogP contribution < -0.4 is 0 Å². The van der Waals surface area contributed by atoms with Crippen LogP contribution >= 0.6 is 11.6 Å². The van der Waals surface area contributed by atoms with E-state index < -0.39 is 0 Å². The van der Waals surface area contributed by atoms with Crippen LogP contribution in [-0.2, 0) is 0 Å². The Kier molecular flexibility index (Phi) is 4.26. The highest BCUT2D eigenvalue weighted by Crippen LogP contribution is 2.38. The van der Waals surface area contributed by atoms with Crippen LogP contribution in [0, 0.1) is 20.8 Å². The first-order valence-electron chi connectivity index (χ1n) is 6.63. The van der Waals surface area contributed by atoms with Crippen molar-refractivity contribution in [2.45, 2.75) is 39.0 Å². The minimum absolute atomic E-state index is 0.0458. The lowest BCUT2D eigenvalue weighted by Crippen LogP contribution is -2.08. The molecule has 2 rings (SSSR count). The van der Waals surface area contributed by atoms with Gasteiger partial charge < -0.3 is 0 Å². The van der Waals surface area contributed by atoms with Crippen LogP contribution in [0.4, 0.5) is 0 Å². The van der Waals surface area contributed by atoms with Crippen molar-refractivity contribution in [2.75, 3.05) is 0 Å². The third kappa shape index (κ3) is 2.98. The van der Waals surface area contributed by atoms with E-state index >= 15 is 0 Å². The topological polar surface area (TPSA) is 12.9 Å². The van der Waals surface area contributed by atoms with Crippen LogP contribution in [-0.4, -0.2) is 4.98 Å². The summed E-state index contributed by atoms with van der Waals surface area (Å²) in [4.78, 5) is 4.42. The van der Waals surface area contributed by atoms with Crippen LogP contribution in [0.15, 0.2) is 36.5 Å². The molecule has 2 atom stereocenters. The number of aryl methyl sites for hydroxylation is 3. The van der Waals surface area contributed by atoms with Crippen molar-refractivity contribution >= 4 is 11.6 Å². The lowest BCUT2D eigenvalue weighted by molar-refractivity contribution is 0.700. The maximum atomic E-state index is 6.71. The van der Waals surface area contributed by atoms with Crippen molar-refractivity contribution in [2.24, 2.45) is 0 Å². The van der Waals surface area contributed by atoms with E-state index in [0.717, 1.165) is 5.69 Å². The van der Waals surface area contributed by atoms with Crippen molar-refractivity contribution in [1.29, 1.82) is 0 Å². The zero-order valence-corrected chi connectivity index (χ0v) is 12.7. The minimum atomic E-state index is -0.0458. The third-order valence-corrected chi connectivity index (χ3v) is 4.20. The highest BCUT2D eigenvalue weighted by molar-refractivity contribution is 6.21. The van der Waals surface area contributed by atoms with Crippen LogP contribution in [0.2, 0.25) is 0 Å². The number of hydrogen-bond donors (Lipinski definition) is 0. The predicted molar refractivity (Wildman–Crippen MR) is 81.9 cm³/mol. The normalized spacial score (nSPS) is 14.2. The van der Waals surface area contributed by atoms with Gasteiger partial charge in [0.25, 0.3) is 0 Å². The number of benzene rings is 1. The Hall–Kier alpha value is -1.34. The average Bonchev–Trinajstić information content (AvgIpc) is 2.37. The van der Waals surface area contributed by atoms with E-state index in [1.165, 1.54) is 22.3 Å². The Morgan fingerprint density at radius 3 is 2.21 bits per heavy atom. The second-order valence-electron chi connectivity index (χ2n) is 5.26. The predicted octanol–water partition coefficient (Wildman–Crippen LogP) is 5.09. The van der Waals surface area contributed by atoms with Crippen molar-refractivity contribution in [3.8, 4) is 0 Å². The van der Waals surface area contributed by atoms with Gasteiger partial charge in [0.2, 0.25) is 0 Å². The van der Waals surface area contributed by atoms with Gasteiger partial charge in [-0.1, -0.05) is 30.7 Å². The summed E-state index contributed by atoms with van der Waals surface area (Å²) < 4.78 is 0. The van der Waals surface area contributed by atoms with Gasteiger partial charge in [-0.15, -0.1) is 11.6 Å². The maximum absolute atomic E-state index is 6.71. The van der Waals surface area contributed by atoms with Gasteiger partial charge in [-0.3, -0.25) is 4.98 Å². The summed E-state index contributed by atoms with van der Waals surface area (Å²) >= 11 is 6.71. The molecule has 0 fully saturated rings. The summed E-state index contributed by atoms with van der Waals surface area (Å²) in [6.07, 6.45) is 1.82. The maximum Gasteiger partial charge on any atom is 0.0671 e. The molecule has 2 unspecified atom stereocenters. The van der Waals surface area contributed by atoms with Gasteiger partial charge in [-0.2, -0.15) is 0 Å². The van der Waals surface area contributed by atoms with E-state index in [0.29, 0.717) is 0 Å². The summed E-state index contributed by atoms with van der Waals surface area (Å²) in [5.74, 6) is 0.197. The molecule has 2 heteroatoms. The van der Waals surface area contributed by atoms with Crippen LogP contribution in [0.5, 0.6) is 0 Å². The van der Waals surface area contributed by atoms with Gasteiger partial charge in [-0.05, 0) is 49.6 Å². The standard InChI is InChI=1S/C17H20ClN/c1-11-9-12(2)16(13(3)10-11)17(18)14(4)15-7-5-6-8-19-15/h5-10,14,17H,1-4H3. The largest absolute Gasteiger partial charge is 0.261 e. The highest BCUT2D eigenvalue weighted by Gasteiger charge is 2.22. The van der Waals surface area contributed by atoms with Crippen molar-refractivity contribution in [3.05, 3.63) is 64.5 Å². The quantitative estimate of drug-likeness (QED) is 0.710. The first-order valence-corrected chi connectivity index (χ1v) is 7.07. The molecular formula is C17H20ClN. The molecule has 1 nitrogen and oxygen atoms in total. The van der Waals surface area contributed by atoms with E-state index in [1.807, 2.05) is 24.4 Å². The van der Waals surface area contributed by atoms with E-state index in [9.17, 15) is 0 Å². The van der Waals surface area contributed by atoms with Gasteiger partial charge in [0.05, 0.1) is 5.38 Å². The number of nitrogens with zero attached hydrogens (tertiary/aromatic N) is 1. The molecule has 0 aliphatic heterocycles. The van der Waals surface area contributed by atoms with E-state index in [2.05, 4.69) is 44.8 Å². The van der Waals surface area contributed by atoms with Gasteiger partial charge in [0, 0.05) is 17.8 Å². The van der Waals surface area contributed by atoms with E-state index in [-0.39, 0.29) is 11.3 Å². The molecule has 0 bridgehead atoms. The van der Waals surface area contributed by atoms with Gasteiger partial charge in [0.15, 0.2) is 0 Å². The molecular weight excluding hydrogens is 254 g/mol. The molecule has 100 valence electrons. The van der Waals surface area contributed by atoms with Crippen molar-refractivity contribution in [1.82, 2.24) is 4.98 Å². The van der Waals surface area contributed by atoms with Gasteiger partial charge in [0.1, 0.15) is 0 Å². The first kappa shape index (κ1) is 14.1. The number of pyridine rings is 1. The van der Waals surface area contributed by atoms with E-state index in [4.69, 9.17) is 11.6 Å². The van der Waals surface area contributed by atoms with E-state index in [1.54, 1.807) is 0 Å². The van der Waals surface area contributed by atoms with Crippen molar-refractivity contribution < 1.29 is 0 Å². The molecule has 0 saturated carbocycles. The monoisotopic (exact) mass is 273 g/mol. The number of alkyl halides is 1. The molecule has 0 saturated heterocycles. The van der Waals surface area contributed by atoms with Gasteiger partial charge >= 0.3 is 0 Å². The Morgan fingerprint density at radius 2 is 1.68 bits per heavy atom.